The van der Waals surface area contributed by atoms with Crippen LogP contribution < -0.4 is 5.73 Å². The fourth-order valence-electron chi connectivity index (χ4n) is 3.40. The molecule has 4 rings (SSSR count). The molecule has 1 aliphatic heterocycles. The molecule has 0 atom stereocenters. The van der Waals surface area contributed by atoms with Gasteiger partial charge in [0.2, 0.25) is 10.0 Å². The third kappa shape index (κ3) is 2.93. The van der Waals surface area contributed by atoms with Gasteiger partial charge < -0.3 is 10.3 Å². The molecular weight excluding hydrogens is 359 g/mol. The zero-order valence-corrected chi connectivity index (χ0v) is 15.1. The SMILES string of the molecule is NC1(c2noc(-c3ccc(F)c(S(=O)(=O)N4CCCCC4)c3)n2)CCC1. The van der Waals surface area contributed by atoms with Crippen LogP contribution in [0.4, 0.5) is 4.39 Å². The molecule has 9 heteroatoms. The van der Waals surface area contributed by atoms with E-state index in [0.717, 1.165) is 44.6 Å². The van der Waals surface area contributed by atoms with Crippen molar-refractivity contribution in [3.8, 4) is 11.5 Å². The molecule has 2 aliphatic rings. The predicted molar refractivity (Wildman–Crippen MR) is 92.0 cm³/mol. The summed E-state index contributed by atoms with van der Waals surface area (Å²) in [7, 11) is -3.89. The Balaban J connectivity index is 1.68. The monoisotopic (exact) mass is 380 g/mol. The first-order valence-electron chi connectivity index (χ1n) is 8.83. The molecule has 140 valence electrons. The summed E-state index contributed by atoms with van der Waals surface area (Å²) in [4.78, 5) is 3.95. The van der Waals surface area contributed by atoms with Crippen LogP contribution in [0.3, 0.4) is 0 Å². The summed E-state index contributed by atoms with van der Waals surface area (Å²) in [6.45, 7) is 0.818. The topological polar surface area (TPSA) is 102 Å². The van der Waals surface area contributed by atoms with Crippen molar-refractivity contribution in [2.24, 2.45) is 5.73 Å². The van der Waals surface area contributed by atoms with Gasteiger partial charge in [0.15, 0.2) is 5.82 Å². The Kier molecular flexibility index (Phi) is 4.32. The molecule has 2 heterocycles. The van der Waals surface area contributed by atoms with Crippen molar-refractivity contribution in [1.29, 1.82) is 0 Å². The number of aromatic nitrogens is 2. The van der Waals surface area contributed by atoms with Crippen LogP contribution >= 0.6 is 0 Å². The van der Waals surface area contributed by atoms with Crippen molar-refractivity contribution in [3.05, 3.63) is 29.8 Å². The predicted octanol–water partition coefficient (Wildman–Crippen LogP) is 2.39. The second-order valence-electron chi connectivity index (χ2n) is 7.04. The van der Waals surface area contributed by atoms with Crippen molar-refractivity contribution >= 4 is 10.0 Å². The van der Waals surface area contributed by atoms with Gasteiger partial charge in [0, 0.05) is 18.7 Å². The summed E-state index contributed by atoms with van der Waals surface area (Å²) < 4.78 is 46.5. The summed E-state index contributed by atoms with van der Waals surface area (Å²) in [5.74, 6) is -0.233. The first-order chi connectivity index (χ1) is 12.4. The Morgan fingerprint density at radius 1 is 1.15 bits per heavy atom. The second-order valence-corrected chi connectivity index (χ2v) is 8.95. The number of halogens is 1. The molecule has 1 aromatic heterocycles. The molecule has 1 saturated carbocycles. The molecule has 0 spiro atoms. The summed E-state index contributed by atoms with van der Waals surface area (Å²) in [5, 5.41) is 3.93. The number of benzene rings is 1. The quantitative estimate of drug-likeness (QED) is 0.874. The lowest BCUT2D eigenvalue weighted by atomic mass is 9.77. The Morgan fingerprint density at radius 3 is 2.54 bits per heavy atom. The first-order valence-corrected chi connectivity index (χ1v) is 10.3. The van der Waals surface area contributed by atoms with Crippen molar-refractivity contribution in [2.75, 3.05) is 13.1 Å². The maximum Gasteiger partial charge on any atom is 0.258 e. The fraction of sp³-hybridized carbons (Fsp3) is 0.529. The molecule has 0 unspecified atom stereocenters. The Bertz CT molecular complexity index is 918. The van der Waals surface area contributed by atoms with Crippen LogP contribution in [-0.4, -0.2) is 36.0 Å². The van der Waals surface area contributed by atoms with E-state index in [9.17, 15) is 12.8 Å². The summed E-state index contributed by atoms with van der Waals surface area (Å²) in [6.07, 6.45) is 5.13. The molecule has 2 N–H and O–H groups in total. The highest BCUT2D eigenvalue weighted by Gasteiger charge is 2.39. The van der Waals surface area contributed by atoms with Gasteiger partial charge in [-0.05, 0) is 50.3 Å². The van der Waals surface area contributed by atoms with E-state index in [1.807, 2.05) is 0 Å². The minimum absolute atomic E-state index is 0.145. The summed E-state index contributed by atoms with van der Waals surface area (Å²) in [6, 6.07) is 3.82. The smallest absolute Gasteiger partial charge is 0.258 e. The molecule has 7 nitrogen and oxygen atoms in total. The van der Waals surface area contributed by atoms with E-state index in [-0.39, 0.29) is 10.8 Å². The minimum atomic E-state index is -3.89. The highest BCUT2D eigenvalue weighted by atomic mass is 32.2. The van der Waals surface area contributed by atoms with E-state index >= 15 is 0 Å². The number of piperidine rings is 1. The highest BCUT2D eigenvalue weighted by Crippen LogP contribution is 2.38. The number of hydrogen-bond acceptors (Lipinski definition) is 6. The highest BCUT2D eigenvalue weighted by molar-refractivity contribution is 7.89. The first kappa shape index (κ1) is 17.6. The molecular formula is C17H21FN4O3S. The lowest BCUT2D eigenvalue weighted by Crippen LogP contribution is -2.44. The Labute approximate surface area is 151 Å². The number of sulfonamides is 1. The molecule has 0 bridgehead atoms. The van der Waals surface area contributed by atoms with Crippen LogP contribution in [-0.2, 0) is 15.6 Å². The van der Waals surface area contributed by atoms with Gasteiger partial charge in [-0.1, -0.05) is 11.6 Å². The van der Waals surface area contributed by atoms with E-state index < -0.39 is 21.4 Å². The van der Waals surface area contributed by atoms with E-state index in [0.29, 0.717) is 24.5 Å². The summed E-state index contributed by atoms with van der Waals surface area (Å²) >= 11 is 0. The number of nitrogens with two attached hydrogens (primary N) is 1. The Hall–Kier alpha value is -1.84. The molecule has 2 fully saturated rings. The molecule has 1 aliphatic carbocycles. The molecule has 2 aromatic rings. The molecule has 0 amide bonds. The summed E-state index contributed by atoms with van der Waals surface area (Å²) in [5.41, 5.74) is 5.97. The lowest BCUT2D eigenvalue weighted by Gasteiger charge is -2.34. The van der Waals surface area contributed by atoms with Crippen LogP contribution in [0, 0.1) is 5.82 Å². The van der Waals surface area contributed by atoms with Gasteiger partial charge in [0.25, 0.3) is 5.89 Å². The average Bonchev–Trinajstić information content (AvgIpc) is 3.11. The van der Waals surface area contributed by atoms with E-state index in [4.69, 9.17) is 10.3 Å². The van der Waals surface area contributed by atoms with Crippen molar-refractivity contribution in [3.63, 3.8) is 0 Å². The zero-order chi connectivity index (χ0) is 18.4. The van der Waals surface area contributed by atoms with Crippen molar-refractivity contribution < 1.29 is 17.3 Å². The van der Waals surface area contributed by atoms with Crippen LogP contribution in [0.1, 0.15) is 44.3 Å². The fourth-order valence-corrected chi connectivity index (χ4v) is 5.01. The van der Waals surface area contributed by atoms with E-state index in [1.54, 1.807) is 0 Å². The number of rotatable bonds is 4. The van der Waals surface area contributed by atoms with Crippen LogP contribution in [0.2, 0.25) is 0 Å². The van der Waals surface area contributed by atoms with Gasteiger partial charge >= 0.3 is 0 Å². The standard InChI is InChI=1S/C17H21FN4O3S/c18-13-6-5-12(15-20-16(21-25-15)17(19)7-4-8-17)11-14(13)26(23,24)22-9-2-1-3-10-22/h5-6,11H,1-4,7-10,19H2. The van der Waals surface area contributed by atoms with Crippen LogP contribution in [0.5, 0.6) is 0 Å². The number of nitrogens with zero attached hydrogens (tertiary/aromatic N) is 3. The van der Waals surface area contributed by atoms with E-state index in [1.165, 1.54) is 16.4 Å². The second kappa shape index (κ2) is 6.40. The van der Waals surface area contributed by atoms with Crippen LogP contribution in [0.25, 0.3) is 11.5 Å². The lowest BCUT2D eigenvalue weighted by molar-refractivity contribution is 0.229. The molecule has 0 radical (unpaired) electrons. The van der Waals surface area contributed by atoms with Gasteiger partial charge in [-0.3, -0.25) is 0 Å². The van der Waals surface area contributed by atoms with Crippen molar-refractivity contribution in [2.45, 2.75) is 49.0 Å². The number of hydrogen-bond donors (Lipinski definition) is 1. The molecule has 26 heavy (non-hydrogen) atoms. The van der Waals surface area contributed by atoms with Gasteiger partial charge in [0.1, 0.15) is 10.7 Å². The average molecular weight is 380 g/mol. The van der Waals surface area contributed by atoms with Gasteiger partial charge in [-0.25, -0.2) is 12.8 Å². The minimum Gasteiger partial charge on any atom is -0.334 e. The normalized spacial score (nSPS) is 20.7. The van der Waals surface area contributed by atoms with Gasteiger partial charge in [-0.15, -0.1) is 0 Å². The molecule has 1 aromatic carbocycles. The third-order valence-corrected chi connectivity index (χ3v) is 7.14. The maximum atomic E-state index is 14.3. The largest absolute Gasteiger partial charge is 0.334 e. The maximum absolute atomic E-state index is 14.3. The van der Waals surface area contributed by atoms with Gasteiger partial charge in [-0.2, -0.15) is 9.29 Å². The molecule has 1 saturated heterocycles. The Morgan fingerprint density at radius 2 is 1.88 bits per heavy atom. The van der Waals surface area contributed by atoms with E-state index in [2.05, 4.69) is 10.1 Å². The van der Waals surface area contributed by atoms with Crippen LogP contribution in [0.15, 0.2) is 27.6 Å². The van der Waals surface area contributed by atoms with Gasteiger partial charge in [0.05, 0.1) is 5.54 Å². The third-order valence-electron chi connectivity index (χ3n) is 5.23. The van der Waals surface area contributed by atoms with Crippen molar-refractivity contribution in [1.82, 2.24) is 14.4 Å². The zero-order valence-electron chi connectivity index (χ0n) is 14.3.